The van der Waals surface area contributed by atoms with E-state index < -0.39 is 0 Å². The molecule has 1 saturated heterocycles. The van der Waals surface area contributed by atoms with Gasteiger partial charge in [0.25, 0.3) is 0 Å². The van der Waals surface area contributed by atoms with Crippen molar-refractivity contribution >= 4 is 17.7 Å². The van der Waals surface area contributed by atoms with Crippen LogP contribution in [0.15, 0.2) is 48.5 Å². The highest BCUT2D eigenvalue weighted by molar-refractivity contribution is 5.71. The van der Waals surface area contributed by atoms with Crippen LogP contribution in [0.2, 0.25) is 0 Å². The molecule has 0 radical (unpaired) electrons. The lowest BCUT2D eigenvalue weighted by atomic mass is 10.1. The maximum Gasteiger partial charge on any atom is 0.308 e. The number of benzene rings is 2. The highest BCUT2D eigenvalue weighted by atomic mass is 16.6. The molecule has 0 aliphatic carbocycles. The number of piperazine rings is 1. The summed E-state index contributed by atoms with van der Waals surface area (Å²) in [4.78, 5) is 15.8. The van der Waals surface area contributed by atoms with Crippen molar-refractivity contribution in [2.24, 2.45) is 0 Å². The number of para-hydroxylation sites is 1. The van der Waals surface area contributed by atoms with Gasteiger partial charge in [-0.1, -0.05) is 30.4 Å². The monoisotopic (exact) mass is 391 g/mol. The molecule has 1 aliphatic heterocycles. The van der Waals surface area contributed by atoms with Crippen LogP contribution < -0.4 is 14.4 Å². The zero-order valence-electron chi connectivity index (χ0n) is 16.8. The van der Waals surface area contributed by atoms with E-state index in [-0.39, 0.29) is 5.97 Å². The molecule has 1 heterocycles. The first-order chi connectivity index (χ1) is 14.1. The number of methoxy groups -OCH3 is 1. The van der Waals surface area contributed by atoms with Gasteiger partial charge in [0.15, 0.2) is 11.5 Å². The predicted molar refractivity (Wildman–Crippen MR) is 113 cm³/mol. The molecule has 0 aromatic heterocycles. The summed E-state index contributed by atoms with van der Waals surface area (Å²) in [5.41, 5.74) is 2.73. The minimum absolute atomic E-state index is 0.372. The summed E-state index contributed by atoms with van der Waals surface area (Å²) in [6.45, 7) is 5.90. The van der Waals surface area contributed by atoms with Gasteiger partial charge in [-0.2, -0.15) is 5.26 Å². The Morgan fingerprint density at radius 3 is 2.59 bits per heavy atom. The number of rotatable bonds is 6. The van der Waals surface area contributed by atoms with E-state index in [2.05, 4.69) is 21.9 Å². The van der Waals surface area contributed by atoms with Crippen molar-refractivity contribution in [2.75, 3.05) is 44.7 Å². The topological polar surface area (TPSA) is 65.8 Å². The van der Waals surface area contributed by atoms with Gasteiger partial charge in [-0.05, 0) is 29.8 Å². The molecular weight excluding hydrogens is 366 g/mol. The summed E-state index contributed by atoms with van der Waals surface area (Å²) in [5, 5.41) is 9.29. The molecule has 0 unspecified atom stereocenters. The van der Waals surface area contributed by atoms with E-state index in [1.165, 1.54) is 6.92 Å². The second-order valence-corrected chi connectivity index (χ2v) is 6.82. The maximum atomic E-state index is 11.1. The SMILES string of the molecule is COc1cc(/C=C\CN2CCN(c3ccccc3C#N)CC2)ccc1OC(C)=O. The average Bonchev–Trinajstić information content (AvgIpc) is 2.75. The van der Waals surface area contributed by atoms with Crippen molar-refractivity contribution in [3.63, 3.8) is 0 Å². The largest absolute Gasteiger partial charge is 0.493 e. The van der Waals surface area contributed by atoms with Gasteiger partial charge in [0.1, 0.15) is 6.07 Å². The van der Waals surface area contributed by atoms with Crippen LogP contribution in [0.25, 0.3) is 6.08 Å². The molecule has 6 nitrogen and oxygen atoms in total. The Morgan fingerprint density at radius 1 is 1.14 bits per heavy atom. The molecule has 1 aliphatic rings. The molecular formula is C23H25N3O3. The van der Waals surface area contributed by atoms with Gasteiger partial charge in [-0.25, -0.2) is 0 Å². The first-order valence-corrected chi connectivity index (χ1v) is 9.60. The van der Waals surface area contributed by atoms with E-state index >= 15 is 0 Å². The number of carbonyl (C=O) groups is 1. The Labute approximate surface area is 171 Å². The van der Waals surface area contributed by atoms with Crippen LogP contribution in [0.1, 0.15) is 18.1 Å². The molecule has 0 N–H and O–H groups in total. The van der Waals surface area contributed by atoms with Gasteiger partial charge < -0.3 is 14.4 Å². The first-order valence-electron chi connectivity index (χ1n) is 9.60. The maximum absolute atomic E-state index is 11.1. The molecule has 2 aromatic carbocycles. The number of nitrogens with zero attached hydrogens (tertiary/aromatic N) is 3. The van der Waals surface area contributed by atoms with E-state index in [4.69, 9.17) is 9.47 Å². The molecule has 0 saturated carbocycles. The Kier molecular flexibility index (Phi) is 6.88. The van der Waals surface area contributed by atoms with Crippen LogP contribution in [0.3, 0.4) is 0 Å². The van der Waals surface area contributed by atoms with Crippen molar-refractivity contribution in [3.8, 4) is 17.6 Å². The third-order valence-electron chi connectivity index (χ3n) is 4.85. The van der Waals surface area contributed by atoms with Gasteiger partial charge >= 0.3 is 5.97 Å². The molecule has 0 bridgehead atoms. The average molecular weight is 391 g/mol. The Balaban J connectivity index is 1.54. The fourth-order valence-corrected chi connectivity index (χ4v) is 3.38. The van der Waals surface area contributed by atoms with E-state index in [1.807, 2.05) is 42.5 Å². The molecule has 0 atom stereocenters. The Bertz CT molecular complexity index is 925. The lowest BCUT2D eigenvalue weighted by Crippen LogP contribution is -2.46. The summed E-state index contributed by atoms with van der Waals surface area (Å²) in [6, 6.07) is 15.5. The van der Waals surface area contributed by atoms with Crippen LogP contribution in [0, 0.1) is 11.3 Å². The highest BCUT2D eigenvalue weighted by Gasteiger charge is 2.18. The van der Waals surface area contributed by atoms with E-state index in [1.54, 1.807) is 13.2 Å². The van der Waals surface area contributed by atoms with Gasteiger partial charge in [0.2, 0.25) is 0 Å². The zero-order chi connectivity index (χ0) is 20.6. The molecule has 6 heteroatoms. The third kappa shape index (κ3) is 5.37. The standard InChI is InChI=1S/C23H25N3O3/c1-18(27)29-22-10-9-19(16-23(22)28-2)6-5-11-25-12-14-26(15-13-25)21-8-4-3-7-20(21)17-24/h3-10,16H,11-15H2,1-2H3/b6-5-. The van der Waals surface area contributed by atoms with E-state index in [0.717, 1.165) is 49.5 Å². The number of carbonyl (C=O) groups excluding carboxylic acids is 1. The predicted octanol–water partition coefficient (Wildman–Crippen LogP) is 3.33. The molecule has 3 rings (SSSR count). The molecule has 0 spiro atoms. The zero-order valence-corrected chi connectivity index (χ0v) is 16.8. The lowest BCUT2D eigenvalue weighted by Gasteiger charge is -2.36. The Hall–Kier alpha value is -3.30. The van der Waals surface area contributed by atoms with Gasteiger partial charge in [0.05, 0.1) is 18.4 Å². The second kappa shape index (κ2) is 9.76. The second-order valence-electron chi connectivity index (χ2n) is 6.82. The van der Waals surface area contributed by atoms with Crippen LogP contribution in [0.4, 0.5) is 5.69 Å². The number of ether oxygens (including phenoxy) is 2. The minimum atomic E-state index is -0.372. The number of anilines is 1. The molecule has 150 valence electrons. The summed E-state index contributed by atoms with van der Waals surface area (Å²) in [7, 11) is 1.56. The van der Waals surface area contributed by atoms with Gasteiger partial charge in [-0.3, -0.25) is 9.69 Å². The molecule has 1 fully saturated rings. The fourth-order valence-electron chi connectivity index (χ4n) is 3.38. The summed E-state index contributed by atoms with van der Waals surface area (Å²) >= 11 is 0. The first kappa shape index (κ1) is 20.4. The summed E-state index contributed by atoms with van der Waals surface area (Å²) in [5.74, 6) is 0.584. The van der Waals surface area contributed by atoms with Crippen LogP contribution in [-0.2, 0) is 4.79 Å². The Morgan fingerprint density at radius 2 is 1.90 bits per heavy atom. The lowest BCUT2D eigenvalue weighted by molar-refractivity contribution is -0.132. The summed E-state index contributed by atoms with van der Waals surface area (Å²) < 4.78 is 10.4. The quantitative estimate of drug-likeness (QED) is 0.556. The number of hydrogen-bond acceptors (Lipinski definition) is 6. The van der Waals surface area contributed by atoms with Crippen LogP contribution in [-0.4, -0.2) is 50.7 Å². The molecule has 29 heavy (non-hydrogen) atoms. The number of nitriles is 1. The number of hydrogen-bond donors (Lipinski definition) is 0. The normalized spacial score (nSPS) is 14.6. The minimum Gasteiger partial charge on any atom is -0.493 e. The van der Waals surface area contributed by atoms with E-state index in [0.29, 0.717) is 11.5 Å². The smallest absolute Gasteiger partial charge is 0.308 e. The molecule has 0 amide bonds. The van der Waals surface area contributed by atoms with Crippen molar-refractivity contribution < 1.29 is 14.3 Å². The van der Waals surface area contributed by atoms with Crippen LogP contribution in [0.5, 0.6) is 11.5 Å². The van der Waals surface area contributed by atoms with Crippen molar-refractivity contribution in [1.29, 1.82) is 5.26 Å². The highest BCUT2D eigenvalue weighted by Crippen LogP contribution is 2.28. The summed E-state index contributed by atoms with van der Waals surface area (Å²) in [6.07, 6.45) is 4.16. The molecule has 2 aromatic rings. The fraction of sp³-hybridized carbons (Fsp3) is 0.304. The van der Waals surface area contributed by atoms with Crippen molar-refractivity contribution in [1.82, 2.24) is 4.90 Å². The van der Waals surface area contributed by atoms with E-state index in [9.17, 15) is 10.1 Å². The van der Waals surface area contributed by atoms with Gasteiger partial charge in [-0.15, -0.1) is 0 Å². The van der Waals surface area contributed by atoms with Crippen molar-refractivity contribution in [2.45, 2.75) is 6.92 Å². The van der Waals surface area contributed by atoms with Crippen LogP contribution >= 0.6 is 0 Å². The van der Waals surface area contributed by atoms with Gasteiger partial charge in [0, 0.05) is 39.6 Å². The third-order valence-corrected chi connectivity index (χ3v) is 4.85. The van der Waals surface area contributed by atoms with Crippen molar-refractivity contribution in [3.05, 3.63) is 59.7 Å². The number of esters is 1.